The van der Waals surface area contributed by atoms with E-state index in [4.69, 9.17) is 0 Å². The van der Waals surface area contributed by atoms with Gasteiger partial charge in [-0.2, -0.15) is 0 Å². The molecular weight excluding hydrogens is 384 g/mol. The summed E-state index contributed by atoms with van der Waals surface area (Å²) in [6, 6.07) is 16.6. The zero-order valence-corrected chi connectivity index (χ0v) is 18.1. The minimum Gasteiger partial charge on any atom is -0.356 e. The number of nitrogens with one attached hydrogen (secondary N) is 1. The number of benzene rings is 1. The fourth-order valence-corrected chi connectivity index (χ4v) is 4.71. The first-order valence-electron chi connectivity index (χ1n) is 11.1. The van der Waals surface area contributed by atoms with Gasteiger partial charge in [0.1, 0.15) is 0 Å². The van der Waals surface area contributed by atoms with Crippen LogP contribution in [0.15, 0.2) is 73.3 Å². The monoisotopic (exact) mass is 414 g/mol. The van der Waals surface area contributed by atoms with Gasteiger partial charge in [0, 0.05) is 50.0 Å². The highest BCUT2D eigenvalue weighted by molar-refractivity contribution is 5.84. The van der Waals surface area contributed by atoms with Crippen molar-refractivity contribution in [3.05, 3.63) is 84.4 Å². The summed E-state index contributed by atoms with van der Waals surface area (Å²) in [4.78, 5) is 24.3. The molecule has 2 aromatic heterocycles. The Kier molecular flexibility index (Phi) is 6.73. The smallest absolute Gasteiger partial charge is 0.227 e. The van der Waals surface area contributed by atoms with Crippen LogP contribution in [0.3, 0.4) is 0 Å². The van der Waals surface area contributed by atoms with Crippen molar-refractivity contribution >= 4 is 5.91 Å². The van der Waals surface area contributed by atoms with Crippen LogP contribution in [0.25, 0.3) is 11.1 Å². The van der Waals surface area contributed by atoms with Crippen LogP contribution in [-0.2, 0) is 17.8 Å². The predicted molar refractivity (Wildman–Crippen MR) is 123 cm³/mol. The summed E-state index contributed by atoms with van der Waals surface area (Å²) in [6.07, 6.45) is 9.98. The van der Waals surface area contributed by atoms with Gasteiger partial charge in [-0.1, -0.05) is 30.3 Å². The molecule has 1 unspecified atom stereocenters. The summed E-state index contributed by atoms with van der Waals surface area (Å²) in [5.41, 5.74) is 4.24. The van der Waals surface area contributed by atoms with E-state index >= 15 is 0 Å². The first kappa shape index (κ1) is 21.2. The number of nitrogens with zero attached hydrogens (tertiary/aromatic N) is 3. The van der Waals surface area contributed by atoms with Gasteiger partial charge < -0.3 is 5.32 Å². The molecule has 0 radical (unpaired) electrons. The number of carbonyl (C=O) groups is 1. The van der Waals surface area contributed by atoms with Crippen LogP contribution in [-0.4, -0.2) is 40.4 Å². The SMILES string of the molecule is CCNC(=O)C1(Cc2ccccc2-c2cccnc2)CCCN(Cc2ccncc2)C1. The third kappa shape index (κ3) is 5.00. The maximum absolute atomic E-state index is 13.4. The Morgan fingerprint density at radius 2 is 1.90 bits per heavy atom. The number of pyridine rings is 2. The highest BCUT2D eigenvalue weighted by Crippen LogP contribution is 2.37. The first-order valence-corrected chi connectivity index (χ1v) is 11.1. The maximum atomic E-state index is 13.4. The Morgan fingerprint density at radius 1 is 1.06 bits per heavy atom. The molecule has 1 N–H and O–H groups in total. The molecule has 0 bridgehead atoms. The average Bonchev–Trinajstić information content (AvgIpc) is 2.81. The molecule has 160 valence electrons. The molecule has 1 amide bonds. The number of amides is 1. The summed E-state index contributed by atoms with van der Waals surface area (Å²) >= 11 is 0. The van der Waals surface area contributed by atoms with Crippen molar-refractivity contribution in [3.8, 4) is 11.1 Å². The van der Waals surface area contributed by atoms with Gasteiger partial charge in [0.25, 0.3) is 0 Å². The lowest BCUT2D eigenvalue weighted by Gasteiger charge is -2.42. The van der Waals surface area contributed by atoms with Crippen LogP contribution in [0.2, 0.25) is 0 Å². The Hall–Kier alpha value is -3.05. The van der Waals surface area contributed by atoms with Crippen LogP contribution in [0.4, 0.5) is 0 Å². The van der Waals surface area contributed by atoms with Gasteiger partial charge in [0.15, 0.2) is 0 Å². The van der Waals surface area contributed by atoms with Crippen molar-refractivity contribution in [2.24, 2.45) is 5.41 Å². The van der Waals surface area contributed by atoms with Gasteiger partial charge in [0.2, 0.25) is 5.91 Å². The van der Waals surface area contributed by atoms with Crippen molar-refractivity contribution in [3.63, 3.8) is 0 Å². The van der Waals surface area contributed by atoms with Crippen LogP contribution in [0.1, 0.15) is 30.9 Å². The first-order chi connectivity index (χ1) is 15.2. The molecule has 1 saturated heterocycles. The number of piperidine rings is 1. The molecule has 31 heavy (non-hydrogen) atoms. The molecule has 1 atom stereocenters. The fraction of sp³-hybridized carbons (Fsp3) is 0.346. The lowest BCUT2D eigenvalue weighted by Crippen LogP contribution is -2.53. The van der Waals surface area contributed by atoms with Gasteiger partial charge in [-0.05, 0) is 67.6 Å². The molecule has 3 heterocycles. The maximum Gasteiger partial charge on any atom is 0.227 e. The molecule has 1 fully saturated rings. The van der Waals surface area contributed by atoms with E-state index in [9.17, 15) is 4.79 Å². The highest BCUT2D eigenvalue weighted by atomic mass is 16.2. The van der Waals surface area contributed by atoms with E-state index in [1.54, 1.807) is 6.20 Å². The Morgan fingerprint density at radius 3 is 2.68 bits per heavy atom. The van der Waals surface area contributed by atoms with Gasteiger partial charge in [0.05, 0.1) is 5.41 Å². The molecule has 0 aliphatic carbocycles. The molecule has 5 nitrogen and oxygen atoms in total. The minimum atomic E-state index is -0.445. The topological polar surface area (TPSA) is 58.1 Å². The third-order valence-electron chi connectivity index (χ3n) is 6.15. The second kappa shape index (κ2) is 9.84. The van der Waals surface area contributed by atoms with Crippen molar-refractivity contribution in [2.75, 3.05) is 19.6 Å². The Bertz CT molecular complexity index is 993. The predicted octanol–water partition coefficient (Wildman–Crippen LogP) is 4.10. The molecule has 0 saturated carbocycles. The fourth-order valence-electron chi connectivity index (χ4n) is 4.71. The van der Waals surface area contributed by atoms with Gasteiger partial charge >= 0.3 is 0 Å². The lowest BCUT2D eigenvalue weighted by molar-refractivity contribution is -0.134. The lowest BCUT2D eigenvalue weighted by atomic mass is 9.73. The summed E-state index contributed by atoms with van der Waals surface area (Å²) in [5, 5.41) is 3.13. The van der Waals surface area contributed by atoms with Crippen LogP contribution < -0.4 is 5.32 Å². The summed E-state index contributed by atoms with van der Waals surface area (Å²) in [7, 11) is 0. The van der Waals surface area contributed by atoms with Crippen molar-refractivity contribution in [1.29, 1.82) is 0 Å². The zero-order chi connectivity index (χ0) is 21.5. The molecule has 1 aliphatic rings. The van der Waals surface area contributed by atoms with Crippen molar-refractivity contribution in [2.45, 2.75) is 32.7 Å². The van der Waals surface area contributed by atoms with Gasteiger partial charge in [-0.25, -0.2) is 0 Å². The molecule has 1 aromatic carbocycles. The molecule has 1 aliphatic heterocycles. The van der Waals surface area contributed by atoms with E-state index in [0.717, 1.165) is 50.0 Å². The van der Waals surface area contributed by atoms with Crippen molar-refractivity contribution < 1.29 is 4.79 Å². The van der Waals surface area contributed by atoms with E-state index < -0.39 is 5.41 Å². The number of aromatic nitrogens is 2. The normalized spacial score (nSPS) is 19.1. The third-order valence-corrected chi connectivity index (χ3v) is 6.15. The van der Waals surface area contributed by atoms with E-state index in [1.807, 2.05) is 31.6 Å². The summed E-state index contributed by atoms with van der Waals surface area (Å²) < 4.78 is 0. The van der Waals surface area contributed by atoms with Crippen molar-refractivity contribution in [1.82, 2.24) is 20.2 Å². The molecule has 3 aromatic rings. The summed E-state index contributed by atoms with van der Waals surface area (Å²) in [6.45, 7) is 5.24. The zero-order valence-electron chi connectivity index (χ0n) is 18.1. The molecule has 0 spiro atoms. The number of hydrogen-bond acceptors (Lipinski definition) is 4. The largest absolute Gasteiger partial charge is 0.356 e. The highest BCUT2D eigenvalue weighted by Gasteiger charge is 2.42. The van der Waals surface area contributed by atoms with E-state index in [-0.39, 0.29) is 5.91 Å². The number of carbonyl (C=O) groups excluding carboxylic acids is 1. The molecule has 5 heteroatoms. The van der Waals surface area contributed by atoms with Gasteiger partial charge in [-0.3, -0.25) is 19.7 Å². The summed E-state index contributed by atoms with van der Waals surface area (Å²) in [5.74, 6) is 0.162. The van der Waals surface area contributed by atoms with Crippen LogP contribution in [0, 0.1) is 5.41 Å². The average molecular weight is 415 g/mol. The van der Waals surface area contributed by atoms with E-state index in [0.29, 0.717) is 6.54 Å². The number of rotatable bonds is 7. The standard InChI is InChI=1S/C26H30N4O/c1-2-29-25(31)26(12-6-16-30(20-26)19-21-10-14-27-15-11-21)17-22-7-3-4-9-24(22)23-8-5-13-28-18-23/h3-5,7-11,13-15,18H,2,6,12,16-17,19-20H2,1H3,(H,29,31). The number of hydrogen-bond donors (Lipinski definition) is 1. The molecular formula is C26H30N4O. The van der Waals surface area contributed by atoms with E-state index in [1.165, 1.54) is 11.1 Å². The second-order valence-corrected chi connectivity index (χ2v) is 8.39. The number of likely N-dealkylation sites (tertiary alicyclic amines) is 1. The quantitative estimate of drug-likeness (QED) is 0.632. The second-order valence-electron chi connectivity index (χ2n) is 8.39. The van der Waals surface area contributed by atoms with E-state index in [2.05, 4.69) is 62.6 Å². The Labute approximate surface area is 184 Å². The minimum absolute atomic E-state index is 0.162. The Balaban J connectivity index is 1.64. The van der Waals surface area contributed by atoms with Crippen LogP contribution in [0.5, 0.6) is 0 Å². The molecule has 4 rings (SSSR count). The van der Waals surface area contributed by atoms with Crippen LogP contribution >= 0.6 is 0 Å². The van der Waals surface area contributed by atoms with Gasteiger partial charge in [-0.15, -0.1) is 0 Å².